The summed E-state index contributed by atoms with van der Waals surface area (Å²) in [7, 11) is -3.30. The Morgan fingerprint density at radius 3 is 2.47 bits per heavy atom. The fourth-order valence-corrected chi connectivity index (χ4v) is 2.79. The topological polar surface area (TPSA) is 70.2 Å². The maximum absolute atomic E-state index is 11.6. The molecule has 0 aliphatic carbocycles. The summed E-state index contributed by atoms with van der Waals surface area (Å²) >= 11 is 0. The summed E-state index contributed by atoms with van der Waals surface area (Å²) in [5, 5.41) is 3.20. The zero-order valence-electron chi connectivity index (χ0n) is 9.41. The second kappa shape index (κ2) is 5.79. The Balaban J connectivity index is 2.34. The Hall–Kier alpha value is -0.170. The van der Waals surface area contributed by atoms with E-state index in [1.807, 2.05) is 13.8 Å². The summed E-state index contributed by atoms with van der Waals surface area (Å²) in [5.74, 6) is 0.328. The molecule has 1 saturated heterocycles. The monoisotopic (exact) mass is 235 g/mol. The summed E-state index contributed by atoms with van der Waals surface area (Å²) in [6.07, 6.45) is 1.73. The van der Waals surface area contributed by atoms with Crippen LogP contribution in [0, 0.1) is 5.92 Å². The van der Waals surface area contributed by atoms with E-state index in [2.05, 4.69) is 14.8 Å². The zero-order chi connectivity index (χ0) is 11.3. The highest BCUT2D eigenvalue weighted by molar-refractivity contribution is 7.87. The smallest absolute Gasteiger partial charge is 0.277 e. The Bertz CT molecular complexity index is 271. The van der Waals surface area contributed by atoms with Gasteiger partial charge in [-0.25, -0.2) is 4.72 Å². The van der Waals surface area contributed by atoms with Crippen LogP contribution in [0.1, 0.15) is 26.7 Å². The first kappa shape index (κ1) is 12.9. The van der Waals surface area contributed by atoms with Gasteiger partial charge in [0, 0.05) is 12.6 Å². The van der Waals surface area contributed by atoms with Crippen molar-refractivity contribution in [3.8, 4) is 0 Å². The van der Waals surface area contributed by atoms with E-state index in [-0.39, 0.29) is 6.04 Å². The molecule has 1 aliphatic rings. The maximum atomic E-state index is 11.6. The Labute approximate surface area is 92.2 Å². The van der Waals surface area contributed by atoms with E-state index in [1.165, 1.54) is 0 Å². The summed E-state index contributed by atoms with van der Waals surface area (Å²) in [6, 6.07) is 0.0795. The molecule has 0 amide bonds. The van der Waals surface area contributed by atoms with Crippen molar-refractivity contribution in [2.75, 3.05) is 19.6 Å². The van der Waals surface area contributed by atoms with Crippen molar-refractivity contribution in [1.82, 2.24) is 14.8 Å². The minimum Gasteiger partial charge on any atom is -0.317 e. The van der Waals surface area contributed by atoms with Gasteiger partial charge in [-0.2, -0.15) is 13.1 Å². The van der Waals surface area contributed by atoms with Crippen molar-refractivity contribution in [3.05, 3.63) is 0 Å². The third-order valence-electron chi connectivity index (χ3n) is 2.34. The maximum Gasteiger partial charge on any atom is 0.277 e. The van der Waals surface area contributed by atoms with Crippen molar-refractivity contribution in [1.29, 1.82) is 0 Å². The molecule has 0 aromatic carbocycles. The molecule has 0 saturated carbocycles. The van der Waals surface area contributed by atoms with E-state index in [9.17, 15) is 8.42 Å². The van der Waals surface area contributed by atoms with Crippen LogP contribution >= 0.6 is 0 Å². The van der Waals surface area contributed by atoms with E-state index in [4.69, 9.17) is 0 Å². The lowest BCUT2D eigenvalue weighted by Crippen LogP contribution is -2.47. The first-order valence-corrected chi connectivity index (χ1v) is 6.95. The molecule has 1 fully saturated rings. The van der Waals surface area contributed by atoms with Crippen molar-refractivity contribution >= 4 is 10.2 Å². The minimum atomic E-state index is -3.30. The molecule has 0 unspecified atom stereocenters. The Morgan fingerprint density at radius 2 is 1.93 bits per heavy atom. The molecule has 6 heteroatoms. The molecular weight excluding hydrogens is 214 g/mol. The highest BCUT2D eigenvalue weighted by atomic mass is 32.2. The third-order valence-corrected chi connectivity index (χ3v) is 3.53. The molecule has 0 aromatic heterocycles. The van der Waals surface area contributed by atoms with Crippen LogP contribution < -0.4 is 14.8 Å². The van der Waals surface area contributed by atoms with Crippen molar-refractivity contribution in [3.63, 3.8) is 0 Å². The normalized spacial score (nSPS) is 19.7. The predicted octanol–water partition coefficient (Wildman–Crippen LogP) is -0.182. The van der Waals surface area contributed by atoms with Gasteiger partial charge in [-0.3, -0.25) is 0 Å². The summed E-state index contributed by atoms with van der Waals surface area (Å²) in [4.78, 5) is 0. The lowest BCUT2D eigenvalue weighted by atomic mass is 10.1. The molecule has 0 atom stereocenters. The van der Waals surface area contributed by atoms with Crippen LogP contribution in [0.4, 0.5) is 0 Å². The van der Waals surface area contributed by atoms with Crippen LogP contribution in [0.3, 0.4) is 0 Å². The van der Waals surface area contributed by atoms with Gasteiger partial charge in [-0.05, 0) is 31.8 Å². The van der Waals surface area contributed by atoms with Crippen molar-refractivity contribution < 1.29 is 8.42 Å². The number of hydrogen-bond donors (Lipinski definition) is 3. The summed E-state index contributed by atoms with van der Waals surface area (Å²) in [5.41, 5.74) is 0. The first-order valence-electron chi connectivity index (χ1n) is 5.47. The van der Waals surface area contributed by atoms with Crippen LogP contribution in [0.15, 0.2) is 0 Å². The van der Waals surface area contributed by atoms with Crippen LogP contribution in [-0.2, 0) is 10.2 Å². The highest BCUT2D eigenvalue weighted by Gasteiger charge is 2.19. The molecule has 0 aromatic rings. The second-order valence-corrected chi connectivity index (χ2v) is 5.92. The Kier molecular flexibility index (Phi) is 4.98. The summed E-state index contributed by atoms with van der Waals surface area (Å²) < 4.78 is 28.3. The second-order valence-electron chi connectivity index (χ2n) is 4.39. The quantitative estimate of drug-likeness (QED) is 0.619. The van der Waals surface area contributed by atoms with Gasteiger partial charge in [0.2, 0.25) is 0 Å². The van der Waals surface area contributed by atoms with Gasteiger partial charge in [0.05, 0.1) is 0 Å². The number of piperidine rings is 1. The number of rotatable bonds is 5. The van der Waals surface area contributed by atoms with Crippen LogP contribution in [0.2, 0.25) is 0 Å². The zero-order valence-corrected chi connectivity index (χ0v) is 10.2. The van der Waals surface area contributed by atoms with E-state index in [0.29, 0.717) is 12.5 Å². The molecule has 0 radical (unpaired) electrons. The molecule has 0 spiro atoms. The molecule has 1 aliphatic heterocycles. The van der Waals surface area contributed by atoms with Gasteiger partial charge < -0.3 is 5.32 Å². The lowest BCUT2D eigenvalue weighted by Gasteiger charge is -2.23. The molecular formula is C9H21N3O2S. The molecule has 15 heavy (non-hydrogen) atoms. The van der Waals surface area contributed by atoms with E-state index < -0.39 is 10.2 Å². The highest BCUT2D eigenvalue weighted by Crippen LogP contribution is 2.03. The van der Waals surface area contributed by atoms with E-state index in [0.717, 1.165) is 25.9 Å². The van der Waals surface area contributed by atoms with E-state index in [1.54, 1.807) is 0 Å². The van der Waals surface area contributed by atoms with Gasteiger partial charge in [0.25, 0.3) is 10.2 Å². The van der Waals surface area contributed by atoms with Crippen molar-refractivity contribution in [2.45, 2.75) is 32.7 Å². The molecule has 1 heterocycles. The average molecular weight is 235 g/mol. The van der Waals surface area contributed by atoms with Gasteiger partial charge in [-0.15, -0.1) is 0 Å². The fraction of sp³-hybridized carbons (Fsp3) is 1.00. The minimum absolute atomic E-state index is 0.0795. The number of hydrogen-bond acceptors (Lipinski definition) is 3. The Morgan fingerprint density at radius 1 is 1.33 bits per heavy atom. The predicted molar refractivity (Wildman–Crippen MR) is 60.8 cm³/mol. The van der Waals surface area contributed by atoms with E-state index >= 15 is 0 Å². The third kappa shape index (κ3) is 5.46. The standard InChI is InChI=1S/C9H21N3O2S/c1-8(2)7-11-15(13,14)12-9-3-5-10-6-4-9/h8-12H,3-7H2,1-2H3. The first-order chi connectivity index (χ1) is 6.99. The van der Waals surface area contributed by atoms with Crippen molar-refractivity contribution in [2.24, 2.45) is 5.92 Å². The molecule has 1 rings (SSSR count). The molecule has 90 valence electrons. The van der Waals surface area contributed by atoms with Gasteiger partial charge in [-0.1, -0.05) is 13.8 Å². The SMILES string of the molecule is CC(C)CNS(=O)(=O)NC1CCNCC1. The van der Waals surface area contributed by atoms with Gasteiger partial charge >= 0.3 is 0 Å². The largest absolute Gasteiger partial charge is 0.317 e. The lowest BCUT2D eigenvalue weighted by molar-refractivity contribution is 0.423. The molecule has 3 N–H and O–H groups in total. The fourth-order valence-electron chi connectivity index (χ4n) is 1.48. The molecule has 0 bridgehead atoms. The average Bonchev–Trinajstić information content (AvgIpc) is 2.16. The van der Waals surface area contributed by atoms with Gasteiger partial charge in [0.15, 0.2) is 0 Å². The summed E-state index contributed by atoms with van der Waals surface area (Å²) in [6.45, 7) is 6.22. The molecule has 5 nitrogen and oxygen atoms in total. The van der Waals surface area contributed by atoms with Crippen LogP contribution in [-0.4, -0.2) is 34.1 Å². The van der Waals surface area contributed by atoms with Gasteiger partial charge in [0.1, 0.15) is 0 Å². The number of nitrogens with one attached hydrogen (secondary N) is 3. The van der Waals surface area contributed by atoms with Crippen LogP contribution in [0.25, 0.3) is 0 Å². The van der Waals surface area contributed by atoms with Crippen LogP contribution in [0.5, 0.6) is 0 Å².